The molecule has 0 spiro atoms. The van der Waals surface area contributed by atoms with Crippen molar-refractivity contribution in [1.82, 2.24) is 19.4 Å². The van der Waals surface area contributed by atoms with E-state index in [4.69, 9.17) is 14.5 Å². The number of aromatic nitrogens is 3. The van der Waals surface area contributed by atoms with E-state index in [-0.39, 0.29) is 5.69 Å². The molecule has 40 heavy (non-hydrogen) atoms. The zero-order valence-electron chi connectivity index (χ0n) is 22.7. The minimum atomic E-state index is -0.163. The molecule has 0 aliphatic carbocycles. The van der Waals surface area contributed by atoms with Gasteiger partial charge in [0.25, 0.3) is 0 Å². The molecule has 0 radical (unpaired) electrons. The van der Waals surface area contributed by atoms with Crippen LogP contribution < -0.4 is 20.5 Å². The molecule has 1 N–H and O–H groups in total. The second kappa shape index (κ2) is 11.2. The van der Waals surface area contributed by atoms with Gasteiger partial charge in [-0.3, -0.25) is 9.13 Å². The highest BCUT2D eigenvalue weighted by atomic mass is 16.5. The van der Waals surface area contributed by atoms with Crippen LogP contribution in [0.3, 0.4) is 0 Å². The van der Waals surface area contributed by atoms with Crippen molar-refractivity contribution in [3.8, 4) is 17.4 Å². The van der Waals surface area contributed by atoms with Crippen molar-refractivity contribution in [2.75, 3.05) is 6.54 Å². The predicted octanol–water partition coefficient (Wildman–Crippen LogP) is 5.65. The van der Waals surface area contributed by atoms with Gasteiger partial charge in [0.1, 0.15) is 18.9 Å². The molecule has 2 aromatic heterocycles. The van der Waals surface area contributed by atoms with E-state index in [1.165, 1.54) is 5.57 Å². The Labute approximate surface area is 233 Å². The van der Waals surface area contributed by atoms with E-state index in [1.54, 1.807) is 22.2 Å². The van der Waals surface area contributed by atoms with Crippen LogP contribution in [0.1, 0.15) is 30.0 Å². The zero-order valence-corrected chi connectivity index (χ0v) is 22.7. The third kappa shape index (κ3) is 5.28. The minimum absolute atomic E-state index is 0.163. The molecule has 7 nitrogen and oxygen atoms in total. The highest BCUT2D eigenvalue weighted by molar-refractivity contribution is 5.83. The third-order valence-corrected chi connectivity index (χ3v) is 7.24. The fourth-order valence-electron chi connectivity index (χ4n) is 5.12. The Morgan fingerprint density at radius 3 is 2.27 bits per heavy atom. The van der Waals surface area contributed by atoms with E-state index in [0.29, 0.717) is 36.7 Å². The molecule has 1 aliphatic heterocycles. The lowest BCUT2D eigenvalue weighted by atomic mass is 9.97. The molecule has 1 atom stereocenters. The first-order valence-corrected chi connectivity index (χ1v) is 13.6. The number of benzene rings is 3. The maximum absolute atomic E-state index is 13.6. The van der Waals surface area contributed by atoms with Crippen molar-refractivity contribution in [2.24, 2.45) is 7.05 Å². The lowest BCUT2D eigenvalue weighted by Crippen LogP contribution is -2.29. The lowest BCUT2D eigenvalue weighted by molar-refractivity contribution is 0.267. The average molecular weight is 533 g/mol. The smallest absolute Gasteiger partial charge is 0.333 e. The normalized spacial score (nSPS) is 15.2. The van der Waals surface area contributed by atoms with Crippen LogP contribution in [0.25, 0.3) is 22.3 Å². The van der Waals surface area contributed by atoms with E-state index >= 15 is 0 Å². The van der Waals surface area contributed by atoms with Crippen LogP contribution in [-0.2, 0) is 20.3 Å². The number of fused-ring (bicyclic) bond motifs is 1. The fourth-order valence-corrected chi connectivity index (χ4v) is 5.12. The quantitative estimate of drug-likeness (QED) is 0.280. The zero-order chi connectivity index (χ0) is 27.5. The number of pyridine rings is 1. The van der Waals surface area contributed by atoms with Gasteiger partial charge in [-0.05, 0) is 60.4 Å². The first-order chi connectivity index (χ1) is 19.6. The van der Waals surface area contributed by atoms with Crippen LogP contribution in [0.5, 0.6) is 11.8 Å². The Morgan fingerprint density at radius 1 is 0.875 bits per heavy atom. The maximum atomic E-state index is 13.6. The van der Waals surface area contributed by atoms with Crippen molar-refractivity contribution in [2.45, 2.75) is 32.6 Å². The van der Waals surface area contributed by atoms with Gasteiger partial charge in [0.15, 0.2) is 0 Å². The van der Waals surface area contributed by atoms with Gasteiger partial charge >= 0.3 is 5.69 Å². The topological polar surface area (TPSA) is 70.3 Å². The van der Waals surface area contributed by atoms with Crippen molar-refractivity contribution < 1.29 is 9.47 Å². The van der Waals surface area contributed by atoms with Gasteiger partial charge in [0.05, 0.1) is 11.0 Å². The number of rotatable bonds is 8. The summed E-state index contributed by atoms with van der Waals surface area (Å²) in [6.07, 6.45) is 3.21. The Bertz CT molecular complexity index is 1720. The molecule has 0 amide bonds. The molecule has 7 heteroatoms. The number of nitrogens with one attached hydrogen (secondary N) is 1. The molecular weight excluding hydrogens is 500 g/mol. The summed E-state index contributed by atoms with van der Waals surface area (Å²) >= 11 is 0. The monoisotopic (exact) mass is 532 g/mol. The third-order valence-electron chi connectivity index (χ3n) is 7.24. The highest BCUT2D eigenvalue weighted by Crippen LogP contribution is 2.30. The number of nitrogens with zero attached hydrogens (tertiary/aromatic N) is 3. The molecule has 0 saturated carbocycles. The molecule has 1 aliphatic rings. The second-order valence-corrected chi connectivity index (χ2v) is 10.1. The van der Waals surface area contributed by atoms with Crippen molar-refractivity contribution >= 4 is 16.6 Å². The van der Waals surface area contributed by atoms with Gasteiger partial charge in [-0.25, -0.2) is 4.79 Å². The Hall–Kier alpha value is -4.62. The molecular formula is C33H32N4O3. The number of ether oxygens (including phenoxy) is 2. The molecule has 202 valence electrons. The summed E-state index contributed by atoms with van der Waals surface area (Å²) in [6, 6.07) is 30.0. The van der Waals surface area contributed by atoms with Crippen LogP contribution in [0.4, 0.5) is 0 Å². The molecule has 5 aromatic rings. The van der Waals surface area contributed by atoms with Crippen LogP contribution in [0.15, 0.2) is 102 Å². The van der Waals surface area contributed by atoms with Gasteiger partial charge in [-0.2, -0.15) is 4.98 Å². The first-order valence-electron chi connectivity index (χ1n) is 13.6. The standard InChI is InChI=1S/C33H32N4O3/c1-23-19-27(17-18-34-23)26-13-14-28-30(20-26)36(2)33(38)37(28)29-15-16-31(39-21-24-9-5-3-6-10-24)35-32(29)40-22-25-11-7-4-8-12-25/h3-16,19-20,23,34H,17-18,21-22H2,1-2H3. The fraction of sp³-hybridized carbons (Fsp3) is 0.212. The molecule has 0 fully saturated rings. The van der Waals surface area contributed by atoms with E-state index in [0.717, 1.165) is 40.7 Å². The Morgan fingerprint density at radius 2 is 1.57 bits per heavy atom. The molecule has 1 unspecified atom stereocenters. The van der Waals surface area contributed by atoms with E-state index in [2.05, 4.69) is 30.4 Å². The number of hydrogen-bond donors (Lipinski definition) is 1. The van der Waals surface area contributed by atoms with Crippen LogP contribution in [0.2, 0.25) is 0 Å². The summed E-state index contributed by atoms with van der Waals surface area (Å²) in [6.45, 7) is 3.79. The molecule has 3 aromatic carbocycles. The molecule has 6 rings (SSSR count). The van der Waals surface area contributed by atoms with E-state index in [1.807, 2.05) is 72.8 Å². The van der Waals surface area contributed by atoms with Crippen molar-refractivity contribution in [1.29, 1.82) is 0 Å². The summed E-state index contributed by atoms with van der Waals surface area (Å²) in [5, 5.41) is 3.45. The second-order valence-electron chi connectivity index (χ2n) is 10.1. The summed E-state index contributed by atoms with van der Waals surface area (Å²) in [5.41, 5.74) is 6.53. The lowest BCUT2D eigenvalue weighted by Gasteiger charge is -2.20. The van der Waals surface area contributed by atoms with Gasteiger partial charge in [0.2, 0.25) is 11.8 Å². The van der Waals surface area contributed by atoms with E-state index in [9.17, 15) is 4.79 Å². The summed E-state index contributed by atoms with van der Waals surface area (Å²) in [5.74, 6) is 0.765. The molecule has 0 saturated heterocycles. The predicted molar refractivity (Wildman–Crippen MR) is 158 cm³/mol. The Kier molecular flexibility index (Phi) is 7.21. The molecule has 3 heterocycles. The highest BCUT2D eigenvalue weighted by Gasteiger charge is 2.20. The maximum Gasteiger partial charge on any atom is 0.333 e. The van der Waals surface area contributed by atoms with Gasteiger partial charge in [-0.1, -0.05) is 72.8 Å². The minimum Gasteiger partial charge on any atom is -0.473 e. The largest absolute Gasteiger partial charge is 0.473 e. The SMILES string of the molecule is CC1C=C(c2ccc3c(c2)n(C)c(=O)n3-c2ccc(OCc3ccccc3)nc2OCc2ccccc2)CCN1. The van der Waals surface area contributed by atoms with Crippen molar-refractivity contribution in [3.05, 3.63) is 124 Å². The average Bonchev–Trinajstić information content (AvgIpc) is 3.24. The van der Waals surface area contributed by atoms with Crippen LogP contribution >= 0.6 is 0 Å². The first kappa shape index (κ1) is 25.6. The number of hydrogen-bond acceptors (Lipinski definition) is 5. The van der Waals surface area contributed by atoms with Gasteiger partial charge < -0.3 is 14.8 Å². The van der Waals surface area contributed by atoms with Crippen LogP contribution in [0, 0.1) is 0 Å². The number of aryl methyl sites for hydroxylation is 1. The van der Waals surface area contributed by atoms with Crippen molar-refractivity contribution in [3.63, 3.8) is 0 Å². The summed E-state index contributed by atoms with van der Waals surface area (Å²) in [4.78, 5) is 18.3. The van der Waals surface area contributed by atoms with Crippen LogP contribution in [-0.4, -0.2) is 26.7 Å². The van der Waals surface area contributed by atoms with Gasteiger partial charge in [0, 0.05) is 19.2 Å². The Balaban J connectivity index is 1.39. The van der Waals surface area contributed by atoms with E-state index < -0.39 is 0 Å². The summed E-state index contributed by atoms with van der Waals surface area (Å²) in [7, 11) is 1.81. The van der Waals surface area contributed by atoms with Gasteiger partial charge in [-0.15, -0.1) is 0 Å². The number of imidazole rings is 1. The summed E-state index contributed by atoms with van der Waals surface area (Å²) < 4.78 is 15.6. The molecule has 0 bridgehead atoms.